The Balaban J connectivity index is 1.24. The summed E-state index contributed by atoms with van der Waals surface area (Å²) in [7, 11) is 0. The van der Waals surface area contributed by atoms with E-state index in [-0.39, 0.29) is 53.6 Å². The van der Waals surface area contributed by atoms with Crippen molar-refractivity contribution in [3.63, 3.8) is 0 Å². The molecule has 6 rings (SSSR count). The minimum Gasteiger partial charge on any atom is -0.382 e. The van der Waals surface area contributed by atoms with E-state index in [4.69, 9.17) is 46.1 Å². The lowest BCUT2D eigenvalue weighted by molar-refractivity contribution is -0.0412. The number of nitrogens with zero attached hydrogens (tertiary/aromatic N) is 5. The quantitative estimate of drug-likeness (QED) is 0.235. The average molecular weight is 662 g/mol. The van der Waals surface area contributed by atoms with Crippen LogP contribution in [-0.2, 0) is 39.2 Å². The van der Waals surface area contributed by atoms with E-state index in [9.17, 15) is 14.3 Å². The number of amides is 1. The number of ether oxygens (including phenoxy) is 1. The first-order chi connectivity index (χ1) is 19.9. The maximum Gasteiger partial charge on any atom is 0.386 e. The van der Waals surface area contributed by atoms with Crippen LogP contribution >= 0.6 is 25.8 Å². The fourth-order valence-electron chi connectivity index (χ4n) is 5.44. The maximum atomic E-state index is 16.0. The van der Waals surface area contributed by atoms with Crippen LogP contribution < -0.4 is 11.5 Å². The number of carbonyl (C=O) groups is 1. The molecule has 3 aromatic heterocycles. The van der Waals surface area contributed by atoms with Gasteiger partial charge in [0.1, 0.15) is 29.7 Å². The minimum atomic E-state index is -4.01. The van der Waals surface area contributed by atoms with Crippen LogP contribution in [0.5, 0.6) is 0 Å². The third-order valence-corrected chi connectivity index (χ3v) is 10.8. The Morgan fingerprint density at radius 2 is 1.98 bits per heavy atom. The van der Waals surface area contributed by atoms with Gasteiger partial charge in [0.2, 0.25) is 0 Å². The molecule has 9 atom stereocenters. The van der Waals surface area contributed by atoms with Crippen molar-refractivity contribution in [1.82, 2.24) is 24.5 Å². The lowest BCUT2D eigenvalue weighted by Gasteiger charge is -2.45. The third kappa shape index (κ3) is 5.85. The number of anilines is 1. The van der Waals surface area contributed by atoms with Crippen LogP contribution in [0.25, 0.3) is 11.2 Å². The van der Waals surface area contributed by atoms with Gasteiger partial charge in [0.05, 0.1) is 26.1 Å². The van der Waals surface area contributed by atoms with Crippen LogP contribution in [0.4, 0.5) is 10.2 Å². The molecule has 15 nitrogen and oxygen atoms in total. The van der Waals surface area contributed by atoms with Gasteiger partial charge in [0, 0.05) is 6.20 Å². The Hall–Kier alpha value is -2.11. The molecule has 3 unspecified atom stereocenters. The summed E-state index contributed by atoms with van der Waals surface area (Å²) in [6.07, 6.45) is -1.44. The molecule has 226 valence electrons. The zero-order chi connectivity index (χ0) is 29.8. The number of hydrogen-bond donors (Lipinski definition) is 4. The van der Waals surface area contributed by atoms with Gasteiger partial charge in [-0.2, -0.15) is 0 Å². The van der Waals surface area contributed by atoms with Crippen molar-refractivity contribution >= 4 is 60.5 Å². The summed E-state index contributed by atoms with van der Waals surface area (Å²) in [6.45, 7) is -8.58. The van der Waals surface area contributed by atoms with Crippen molar-refractivity contribution in [3.05, 3.63) is 42.2 Å². The number of halogens is 1. The summed E-state index contributed by atoms with van der Waals surface area (Å²) in [5, 5.41) is 0. The number of rotatable bonds is 3. The normalized spacial score (nSPS) is 37.5. The van der Waals surface area contributed by atoms with Crippen molar-refractivity contribution in [2.24, 2.45) is 17.6 Å². The Bertz CT molecular complexity index is 1620. The summed E-state index contributed by atoms with van der Waals surface area (Å²) in [5.74, 6) is -1.23. The molecule has 3 aliphatic rings. The smallest absolute Gasteiger partial charge is 0.382 e. The summed E-state index contributed by atoms with van der Waals surface area (Å²) in [4.78, 5) is 38.6. The molecule has 0 aromatic carbocycles. The first kappa shape index (κ1) is 29.9. The molecule has 3 aromatic rings. The lowest BCUT2D eigenvalue weighted by atomic mass is 9.63. The van der Waals surface area contributed by atoms with Crippen LogP contribution in [0, 0.1) is 11.8 Å². The van der Waals surface area contributed by atoms with E-state index >= 15 is 4.39 Å². The molecule has 3 fully saturated rings. The SMILES string of the molecule is NC(=O)c1cc([C@@H]2CC3COP(O)(=S)O[C@H]4[C@@H](F)[C@H](n5cnc6c(N)ncnc65)O[C@@H]4COP(=O)(S)OC[C@H]32)ccn1. The Labute approximate surface area is 248 Å². The van der Waals surface area contributed by atoms with Crippen molar-refractivity contribution in [3.8, 4) is 0 Å². The molecule has 5 heterocycles. The molecule has 42 heavy (non-hydrogen) atoms. The van der Waals surface area contributed by atoms with Crippen molar-refractivity contribution < 1.29 is 41.5 Å². The summed E-state index contributed by atoms with van der Waals surface area (Å²) in [5.41, 5.74) is 12.5. The topological polar surface area (TPSA) is 209 Å². The van der Waals surface area contributed by atoms with Gasteiger partial charge in [0.15, 0.2) is 23.9 Å². The molecule has 0 spiro atoms. The van der Waals surface area contributed by atoms with Gasteiger partial charge in [-0.1, -0.05) is 12.2 Å². The van der Waals surface area contributed by atoms with Gasteiger partial charge in [-0.15, -0.1) is 0 Å². The number of pyridine rings is 1. The van der Waals surface area contributed by atoms with Crippen molar-refractivity contribution in [1.29, 1.82) is 0 Å². The predicted octanol–water partition coefficient (Wildman–Crippen LogP) is 2.26. The van der Waals surface area contributed by atoms with Crippen LogP contribution in [0.1, 0.15) is 34.6 Å². The van der Waals surface area contributed by atoms with Crippen molar-refractivity contribution in [2.45, 2.75) is 36.9 Å². The highest BCUT2D eigenvalue weighted by Gasteiger charge is 2.51. The molecule has 0 radical (unpaired) electrons. The van der Waals surface area contributed by atoms with Crippen LogP contribution in [0.3, 0.4) is 0 Å². The molecule has 2 aliphatic heterocycles. The first-order valence-electron chi connectivity index (χ1n) is 12.7. The Morgan fingerprint density at radius 1 is 1.19 bits per heavy atom. The predicted molar refractivity (Wildman–Crippen MR) is 151 cm³/mol. The molecule has 1 amide bonds. The molecular formula is C22H26FN7O8P2S2. The van der Waals surface area contributed by atoms with E-state index in [2.05, 4.69) is 32.2 Å². The third-order valence-electron chi connectivity index (χ3n) is 7.61. The number of thiol groups is 1. The number of aromatic nitrogens is 5. The Morgan fingerprint density at radius 3 is 2.76 bits per heavy atom. The summed E-state index contributed by atoms with van der Waals surface area (Å²) < 4.78 is 58.7. The van der Waals surface area contributed by atoms with Gasteiger partial charge >= 0.3 is 13.5 Å². The van der Waals surface area contributed by atoms with E-state index in [1.54, 1.807) is 12.1 Å². The molecule has 20 heteroatoms. The standard InChI is InChI=1S/C22H26FN7O8P2S2/c23-16-18-15(37-22(16)30-9-29-17-19(24)27-8-28-21(17)30)7-36-39(32,41)35-6-13-11(5-34-40(33,42)38-18)3-12(13)10-1-2-26-14(4-10)20(25)31/h1-2,4,8-9,11-13,15-16,18,22H,3,5-7H2,(H2,25,31)(H,32,41)(H,33,42)(H2,24,27,28)/t11?,12-,13+,15+,16+,18+,22+,39?,40?/m0/s1. The van der Waals surface area contributed by atoms with Gasteiger partial charge in [0.25, 0.3) is 5.91 Å². The second-order valence-electron chi connectivity index (χ2n) is 10.1. The zero-order valence-electron chi connectivity index (χ0n) is 21.6. The van der Waals surface area contributed by atoms with E-state index in [1.807, 2.05) is 0 Å². The van der Waals surface area contributed by atoms with E-state index in [0.717, 1.165) is 5.56 Å². The van der Waals surface area contributed by atoms with E-state index in [1.165, 1.54) is 23.4 Å². The second kappa shape index (κ2) is 11.4. The Kier molecular flexibility index (Phi) is 8.15. The fraction of sp³-hybridized carbons (Fsp3) is 0.500. The molecule has 5 N–H and O–H groups in total. The second-order valence-corrected chi connectivity index (χ2v) is 15.8. The van der Waals surface area contributed by atoms with Crippen LogP contribution in [0.2, 0.25) is 0 Å². The highest BCUT2D eigenvalue weighted by atomic mass is 32.7. The number of primary amides is 1. The molecule has 1 saturated carbocycles. The zero-order valence-corrected chi connectivity index (χ0v) is 25.1. The van der Waals surface area contributed by atoms with Crippen molar-refractivity contribution in [2.75, 3.05) is 25.6 Å². The van der Waals surface area contributed by atoms with Crippen LogP contribution in [0.15, 0.2) is 31.0 Å². The number of nitrogens with two attached hydrogens (primary N) is 2. The molecule has 0 bridgehead atoms. The number of hydrogen-bond acceptors (Lipinski definition) is 13. The monoisotopic (exact) mass is 661 g/mol. The van der Waals surface area contributed by atoms with Crippen LogP contribution in [-0.4, -0.2) is 73.5 Å². The number of imidazole rings is 1. The number of carbonyl (C=O) groups excluding carboxylic acids is 1. The summed E-state index contributed by atoms with van der Waals surface area (Å²) >= 11 is 9.34. The average Bonchev–Trinajstić information content (AvgIpc) is 3.48. The lowest BCUT2D eigenvalue weighted by Crippen LogP contribution is -2.40. The maximum absolute atomic E-state index is 16.0. The molecule has 1 aliphatic carbocycles. The summed E-state index contributed by atoms with van der Waals surface area (Å²) in [6, 6.07) is 3.33. The number of fused-ring (bicyclic) bond motifs is 3. The van der Waals surface area contributed by atoms with Gasteiger partial charge < -0.3 is 30.1 Å². The minimum absolute atomic E-state index is 0.0508. The van der Waals surface area contributed by atoms with Gasteiger partial charge in [-0.3, -0.25) is 23.4 Å². The number of alkyl halides is 1. The van der Waals surface area contributed by atoms with Gasteiger partial charge in [-0.25, -0.2) is 23.9 Å². The highest BCUT2D eigenvalue weighted by molar-refractivity contribution is 8.44. The molecule has 2 saturated heterocycles. The van der Waals surface area contributed by atoms with E-state index < -0.39 is 50.6 Å². The largest absolute Gasteiger partial charge is 0.386 e. The first-order valence-corrected chi connectivity index (χ1v) is 18.0. The highest BCUT2D eigenvalue weighted by Crippen LogP contribution is 2.58. The fourth-order valence-corrected chi connectivity index (χ4v) is 8.09. The van der Waals surface area contributed by atoms with E-state index in [0.29, 0.717) is 6.42 Å². The number of nitrogen functional groups attached to an aromatic ring is 1. The van der Waals surface area contributed by atoms with Gasteiger partial charge in [-0.05, 0) is 53.7 Å². The molecular weight excluding hydrogens is 635 g/mol.